The summed E-state index contributed by atoms with van der Waals surface area (Å²) >= 11 is 0. The molecule has 0 amide bonds. The van der Waals surface area contributed by atoms with Crippen molar-refractivity contribution in [3.63, 3.8) is 0 Å². The van der Waals surface area contributed by atoms with Gasteiger partial charge in [0.15, 0.2) is 9.84 Å². The number of benzene rings is 1. The van der Waals surface area contributed by atoms with Gasteiger partial charge in [-0.25, -0.2) is 8.42 Å². The Balaban J connectivity index is 2.41. The van der Waals surface area contributed by atoms with E-state index < -0.39 is 20.5 Å². The fourth-order valence-corrected chi connectivity index (χ4v) is 5.01. The first-order valence-corrected chi connectivity index (χ1v) is 7.98. The van der Waals surface area contributed by atoms with Crippen LogP contribution in [0.25, 0.3) is 0 Å². The topological polar surface area (TPSA) is 86.2 Å². The summed E-state index contributed by atoms with van der Waals surface area (Å²) in [5, 5.41) is -0.442. The lowest BCUT2D eigenvalue weighted by atomic mass is 9.99. The Morgan fingerprint density at radius 2 is 1.67 bits per heavy atom. The molecule has 0 spiro atoms. The van der Waals surface area contributed by atoms with Crippen LogP contribution < -0.4 is 11.5 Å². The molecule has 2 rings (SSSR count). The first-order chi connectivity index (χ1) is 8.36. The third-order valence-corrected chi connectivity index (χ3v) is 5.70. The van der Waals surface area contributed by atoms with Crippen molar-refractivity contribution in [2.75, 3.05) is 19.3 Å². The largest absolute Gasteiger partial charge is 0.330 e. The Bertz CT molecular complexity index is 533. The van der Waals surface area contributed by atoms with Gasteiger partial charge in [0.1, 0.15) is 0 Å². The van der Waals surface area contributed by atoms with E-state index in [1.807, 2.05) is 31.2 Å². The highest BCUT2D eigenvalue weighted by Gasteiger charge is 2.68. The highest BCUT2D eigenvalue weighted by atomic mass is 32.2. The van der Waals surface area contributed by atoms with Crippen LogP contribution in [0.2, 0.25) is 0 Å². The molecular formula is C13H20N2O2S. The number of hydrogen-bond donors (Lipinski definition) is 2. The van der Waals surface area contributed by atoms with Gasteiger partial charge in [-0.3, -0.25) is 0 Å². The van der Waals surface area contributed by atoms with Gasteiger partial charge in [-0.05, 0) is 12.5 Å². The third kappa shape index (κ3) is 1.96. The van der Waals surface area contributed by atoms with Crippen LogP contribution in [-0.4, -0.2) is 33.0 Å². The summed E-state index contributed by atoms with van der Waals surface area (Å²) in [6.45, 7) is 2.61. The number of sulfone groups is 1. The molecule has 1 aromatic carbocycles. The smallest absolute Gasteiger partial charge is 0.151 e. The van der Waals surface area contributed by atoms with Gasteiger partial charge in [-0.1, -0.05) is 29.8 Å². The predicted molar refractivity (Wildman–Crippen MR) is 73.1 cm³/mol. The maximum Gasteiger partial charge on any atom is 0.151 e. The average molecular weight is 268 g/mol. The fraction of sp³-hybridized carbons (Fsp3) is 0.538. The van der Waals surface area contributed by atoms with E-state index >= 15 is 0 Å². The Hall–Kier alpha value is -0.910. The minimum absolute atomic E-state index is 0.0666. The van der Waals surface area contributed by atoms with E-state index in [2.05, 4.69) is 0 Å². The molecule has 5 heteroatoms. The van der Waals surface area contributed by atoms with Crippen molar-refractivity contribution < 1.29 is 8.42 Å². The minimum atomic E-state index is -3.13. The number of nitrogens with two attached hydrogens (primary N) is 2. The zero-order chi connectivity index (χ0) is 13.6. The van der Waals surface area contributed by atoms with Gasteiger partial charge in [0.05, 0.1) is 5.25 Å². The summed E-state index contributed by atoms with van der Waals surface area (Å²) in [5.41, 5.74) is 13.3. The van der Waals surface area contributed by atoms with Crippen molar-refractivity contribution in [3.8, 4) is 0 Å². The molecule has 0 aromatic heterocycles. The second-order valence-corrected chi connectivity index (χ2v) is 7.45. The highest BCUT2D eigenvalue weighted by Crippen LogP contribution is 2.61. The monoisotopic (exact) mass is 268 g/mol. The highest BCUT2D eigenvalue weighted by molar-refractivity contribution is 7.91. The van der Waals surface area contributed by atoms with Crippen LogP contribution in [0, 0.1) is 12.3 Å². The lowest BCUT2D eigenvalue weighted by Gasteiger charge is -2.12. The van der Waals surface area contributed by atoms with E-state index in [4.69, 9.17) is 11.5 Å². The first-order valence-electron chi connectivity index (χ1n) is 6.02. The molecule has 1 saturated carbocycles. The van der Waals surface area contributed by atoms with E-state index in [0.29, 0.717) is 13.1 Å². The van der Waals surface area contributed by atoms with Gasteiger partial charge in [-0.2, -0.15) is 0 Å². The van der Waals surface area contributed by atoms with E-state index in [1.165, 1.54) is 6.26 Å². The van der Waals surface area contributed by atoms with Crippen LogP contribution in [0.4, 0.5) is 0 Å². The Kier molecular flexibility index (Phi) is 3.25. The molecule has 0 bridgehead atoms. The standard InChI is InChI=1S/C13H20N2O2S/c1-9-3-5-10(6-4-9)11-12(18(2,16)17)13(11,7-14)8-15/h3-6,11-12H,7-8,14-15H2,1-2H3/t11-,12-/m0/s1. The Morgan fingerprint density at radius 1 is 1.17 bits per heavy atom. The summed E-state index contributed by atoms with van der Waals surface area (Å²) in [4.78, 5) is 0. The maximum absolute atomic E-state index is 11.9. The van der Waals surface area contributed by atoms with E-state index in [1.54, 1.807) is 0 Å². The zero-order valence-corrected chi connectivity index (χ0v) is 11.6. The van der Waals surface area contributed by atoms with Crippen LogP contribution in [0.3, 0.4) is 0 Å². The quantitative estimate of drug-likeness (QED) is 0.828. The number of hydrogen-bond acceptors (Lipinski definition) is 4. The molecule has 0 radical (unpaired) electrons. The number of rotatable bonds is 4. The first kappa shape index (κ1) is 13.5. The summed E-state index contributed by atoms with van der Waals surface area (Å²) in [7, 11) is -3.13. The molecule has 18 heavy (non-hydrogen) atoms. The van der Waals surface area contributed by atoms with Gasteiger partial charge < -0.3 is 11.5 Å². The van der Waals surface area contributed by atoms with Crippen molar-refractivity contribution in [2.24, 2.45) is 16.9 Å². The van der Waals surface area contributed by atoms with E-state index in [9.17, 15) is 8.42 Å². The van der Waals surface area contributed by atoms with Crippen molar-refractivity contribution in [3.05, 3.63) is 35.4 Å². The molecule has 4 N–H and O–H groups in total. The third-order valence-electron chi connectivity index (χ3n) is 4.04. The van der Waals surface area contributed by atoms with Gasteiger partial charge in [0, 0.05) is 30.7 Å². The van der Waals surface area contributed by atoms with Crippen molar-refractivity contribution in [1.82, 2.24) is 0 Å². The minimum Gasteiger partial charge on any atom is -0.330 e. The molecule has 1 aliphatic rings. The molecule has 0 saturated heterocycles. The predicted octanol–water partition coefficient (Wildman–Crippen LogP) is 0.409. The zero-order valence-electron chi connectivity index (χ0n) is 10.8. The van der Waals surface area contributed by atoms with Gasteiger partial charge >= 0.3 is 0 Å². The van der Waals surface area contributed by atoms with Crippen LogP contribution in [0.15, 0.2) is 24.3 Å². The van der Waals surface area contributed by atoms with Gasteiger partial charge in [-0.15, -0.1) is 0 Å². The van der Waals surface area contributed by atoms with Crippen LogP contribution in [0.1, 0.15) is 17.0 Å². The molecule has 0 aliphatic heterocycles. The molecule has 100 valence electrons. The average Bonchev–Trinajstić information content (AvgIpc) is 3.00. The second kappa shape index (κ2) is 4.33. The SMILES string of the molecule is Cc1ccc([C@H]2[C@H](S(C)(=O)=O)C2(CN)CN)cc1. The van der Waals surface area contributed by atoms with Crippen molar-refractivity contribution in [1.29, 1.82) is 0 Å². The molecule has 1 fully saturated rings. The van der Waals surface area contributed by atoms with Crippen molar-refractivity contribution >= 4 is 9.84 Å². The molecule has 1 aromatic rings. The normalized spacial score (nSPS) is 26.0. The van der Waals surface area contributed by atoms with E-state index in [-0.39, 0.29) is 5.92 Å². The van der Waals surface area contributed by atoms with Crippen LogP contribution in [0.5, 0.6) is 0 Å². The van der Waals surface area contributed by atoms with Gasteiger partial charge in [0.25, 0.3) is 0 Å². The lowest BCUT2D eigenvalue weighted by Crippen LogP contribution is -2.31. The molecule has 2 atom stereocenters. The van der Waals surface area contributed by atoms with Gasteiger partial charge in [0.2, 0.25) is 0 Å². The number of aryl methyl sites for hydroxylation is 1. The van der Waals surface area contributed by atoms with E-state index in [0.717, 1.165) is 11.1 Å². The summed E-state index contributed by atoms with van der Waals surface area (Å²) < 4.78 is 23.7. The van der Waals surface area contributed by atoms with Crippen LogP contribution >= 0.6 is 0 Å². The molecule has 0 heterocycles. The Morgan fingerprint density at radius 3 is 2.00 bits per heavy atom. The lowest BCUT2D eigenvalue weighted by molar-refractivity contribution is 0.511. The van der Waals surface area contributed by atoms with Crippen molar-refractivity contribution in [2.45, 2.75) is 18.1 Å². The second-order valence-electron chi connectivity index (χ2n) is 5.28. The summed E-state index contributed by atoms with van der Waals surface area (Å²) in [6.07, 6.45) is 1.27. The fourth-order valence-electron chi connectivity index (χ4n) is 2.98. The molecular weight excluding hydrogens is 248 g/mol. The van der Waals surface area contributed by atoms with Crippen LogP contribution in [-0.2, 0) is 9.84 Å². The molecule has 4 nitrogen and oxygen atoms in total. The Labute approximate surface area is 108 Å². The summed E-state index contributed by atoms with van der Waals surface area (Å²) in [5.74, 6) is -0.0666. The maximum atomic E-state index is 11.9. The molecule has 0 unspecified atom stereocenters. The molecule has 1 aliphatic carbocycles. The summed E-state index contributed by atoms with van der Waals surface area (Å²) in [6, 6.07) is 7.94.